The second-order valence-electron chi connectivity index (χ2n) is 4.09. The lowest BCUT2D eigenvalue weighted by Crippen LogP contribution is -2.14. The van der Waals surface area contributed by atoms with E-state index in [9.17, 15) is 4.79 Å². The molecule has 2 aromatic carbocycles. The van der Waals surface area contributed by atoms with Gasteiger partial charge in [-0.3, -0.25) is 4.79 Å². The summed E-state index contributed by atoms with van der Waals surface area (Å²) in [5.74, 6) is -0.117. The molecule has 0 aromatic heterocycles. The Labute approximate surface area is 124 Å². The zero-order chi connectivity index (χ0) is 13.8. The van der Waals surface area contributed by atoms with Crippen LogP contribution >= 0.6 is 27.5 Å². The van der Waals surface area contributed by atoms with E-state index in [1.807, 2.05) is 18.2 Å². The van der Waals surface area contributed by atoms with Gasteiger partial charge in [0.1, 0.15) is 0 Å². The summed E-state index contributed by atoms with van der Waals surface area (Å²) in [4.78, 5) is 11.9. The van der Waals surface area contributed by atoms with Crippen LogP contribution in [0.3, 0.4) is 0 Å². The Morgan fingerprint density at radius 1 is 1.21 bits per heavy atom. The van der Waals surface area contributed by atoms with Crippen molar-refractivity contribution in [2.75, 3.05) is 11.1 Å². The number of benzene rings is 2. The Kier molecular flexibility index (Phi) is 4.45. The number of anilines is 2. The Balaban J connectivity index is 2.03. The topological polar surface area (TPSA) is 55.1 Å². The molecule has 19 heavy (non-hydrogen) atoms. The van der Waals surface area contributed by atoms with Crippen LogP contribution in [0.5, 0.6) is 0 Å². The number of rotatable bonds is 3. The number of carbonyl (C=O) groups excluding carboxylic acids is 1. The van der Waals surface area contributed by atoms with Gasteiger partial charge in [0.05, 0.1) is 17.1 Å². The van der Waals surface area contributed by atoms with Crippen molar-refractivity contribution in [3.8, 4) is 0 Å². The summed E-state index contributed by atoms with van der Waals surface area (Å²) in [6.45, 7) is 0. The highest BCUT2D eigenvalue weighted by Gasteiger charge is 2.07. The molecule has 0 aliphatic carbocycles. The average Bonchev–Trinajstić information content (AvgIpc) is 2.36. The lowest BCUT2D eigenvalue weighted by Gasteiger charge is -2.07. The SMILES string of the molecule is Nc1ccc(CC(=O)Nc2ccc(Br)cc2Cl)cc1. The predicted octanol–water partition coefficient (Wildman–Crippen LogP) is 3.87. The van der Waals surface area contributed by atoms with E-state index in [-0.39, 0.29) is 12.3 Å². The monoisotopic (exact) mass is 338 g/mol. The first-order chi connectivity index (χ1) is 9.04. The molecular formula is C14H12BrClN2O. The fourth-order valence-corrected chi connectivity index (χ4v) is 2.33. The number of halogens is 2. The van der Waals surface area contributed by atoms with Crippen LogP contribution in [0.2, 0.25) is 5.02 Å². The van der Waals surface area contributed by atoms with Gasteiger partial charge in [-0.2, -0.15) is 0 Å². The Bertz CT molecular complexity index is 599. The van der Waals surface area contributed by atoms with Gasteiger partial charge in [-0.1, -0.05) is 39.7 Å². The lowest BCUT2D eigenvalue weighted by atomic mass is 10.1. The van der Waals surface area contributed by atoms with E-state index in [4.69, 9.17) is 17.3 Å². The molecule has 0 radical (unpaired) electrons. The maximum atomic E-state index is 11.9. The van der Waals surface area contributed by atoms with Gasteiger partial charge in [-0.25, -0.2) is 0 Å². The van der Waals surface area contributed by atoms with Crippen LogP contribution in [0, 0.1) is 0 Å². The first-order valence-electron chi connectivity index (χ1n) is 5.64. The minimum Gasteiger partial charge on any atom is -0.399 e. The average molecular weight is 340 g/mol. The van der Waals surface area contributed by atoms with Crippen LogP contribution in [0.15, 0.2) is 46.9 Å². The van der Waals surface area contributed by atoms with Crippen LogP contribution in [-0.2, 0) is 11.2 Å². The summed E-state index contributed by atoms with van der Waals surface area (Å²) in [6, 6.07) is 12.5. The van der Waals surface area contributed by atoms with Crippen LogP contribution in [0.25, 0.3) is 0 Å². The largest absolute Gasteiger partial charge is 0.399 e. The summed E-state index contributed by atoms with van der Waals surface area (Å²) < 4.78 is 0.869. The molecule has 0 aliphatic rings. The second-order valence-corrected chi connectivity index (χ2v) is 5.41. The van der Waals surface area contributed by atoms with Gasteiger partial charge < -0.3 is 11.1 Å². The minimum atomic E-state index is -0.117. The predicted molar refractivity (Wildman–Crippen MR) is 82.3 cm³/mol. The van der Waals surface area contributed by atoms with Gasteiger partial charge >= 0.3 is 0 Å². The summed E-state index contributed by atoms with van der Waals surface area (Å²) in [5.41, 5.74) is 7.78. The minimum absolute atomic E-state index is 0.117. The quantitative estimate of drug-likeness (QED) is 0.834. The van der Waals surface area contributed by atoms with E-state index in [1.165, 1.54) is 0 Å². The number of amides is 1. The molecule has 1 amide bonds. The molecule has 0 atom stereocenters. The number of nitrogen functional groups attached to an aromatic ring is 1. The zero-order valence-corrected chi connectivity index (χ0v) is 12.3. The van der Waals surface area contributed by atoms with E-state index in [2.05, 4.69) is 21.2 Å². The third-order valence-corrected chi connectivity index (χ3v) is 3.36. The van der Waals surface area contributed by atoms with Crippen molar-refractivity contribution in [2.24, 2.45) is 0 Å². The first-order valence-corrected chi connectivity index (χ1v) is 6.81. The zero-order valence-electron chi connectivity index (χ0n) is 9.99. The van der Waals surface area contributed by atoms with E-state index in [0.29, 0.717) is 16.4 Å². The Hall–Kier alpha value is -1.52. The summed E-state index contributed by atoms with van der Waals surface area (Å²) in [7, 11) is 0. The van der Waals surface area contributed by atoms with Crippen molar-refractivity contribution in [3.63, 3.8) is 0 Å². The summed E-state index contributed by atoms with van der Waals surface area (Å²) in [5, 5.41) is 3.28. The standard InChI is InChI=1S/C14H12BrClN2O/c15-10-3-6-13(12(16)8-10)18-14(19)7-9-1-4-11(17)5-2-9/h1-6,8H,7,17H2,(H,18,19). The van der Waals surface area contributed by atoms with Crippen LogP contribution < -0.4 is 11.1 Å². The second kappa shape index (κ2) is 6.08. The third kappa shape index (κ3) is 3.98. The molecule has 0 bridgehead atoms. The number of hydrogen-bond donors (Lipinski definition) is 2. The molecule has 0 unspecified atom stereocenters. The maximum absolute atomic E-state index is 11.9. The number of nitrogens with two attached hydrogens (primary N) is 1. The molecule has 2 rings (SSSR count). The van der Waals surface area contributed by atoms with Gasteiger partial charge in [-0.05, 0) is 35.9 Å². The van der Waals surface area contributed by atoms with Gasteiger partial charge in [0.2, 0.25) is 5.91 Å². The fourth-order valence-electron chi connectivity index (χ4n) is 1.61. The number of carbonyl (C=O) groups is 1. The van der Waals surface area contributed by atoms with Crippen LogP contribution in [-0.4, -0.2) is 5.91 Å². The third-order valence-electron chi connectivity index (χ3n) is 2.55. The normalized spacial score (nSPS) is 10.2. The highest BCUT2D eigenvalue weighted by molar-refractivity contribution is 9.10. The van der Waals surface area contributed by atoms with Gasteiger partial charge in [0.15, 0.2) is 0 Å². The molecule has 5 heteroatoms. The van der Waals surface area contributed by atoms with Crippen molar-refractivity contribution in [1.82, 2.24) is 0 Å². The summed E-state index contributed by atoms with van der Waals surface area (Å²) >= 11 is 9.35. The van der Waals surface area contributed by atoms with Gasteiger partial charge in [-0.15, -0.1) is 0 Å². The van der Waals surface area contributed by atoms with Gasteiger partial charge in [0, 0.05) is 10.2 Å². The van der Waals surface area contributed by atoms with E-state index < -0.39 is 0 Å². The maximum Gasteiger partial charge on any atom is 0.228 e. The molecule has 0 spiro atoms. The molecule has 0 saturated heterocycles. The molecule has 2 aromatic rings. The number of nitrogens with one attached hydrogen (secondary N) is 1. The molecular weight excluding hydrogens is 328 g/mol. The van der Waals surface area contributed by atoms with Crippen molar-refractivity contribution in [2.45, 2.75) is 6.42 Å². The van der Waals surface area contributed by atoms with Gasteiger partial charge in [0.25, 0.3) is 0 Å². The van der Waals surface area contributed by atoms with Crippen molar-refractivity contribution in [1.29, 1.82) is 0 Å². The summed E-state index contributed by atoms with van der Waals surface area (Å²) in [6.07, 6.45) is 0.284. The van der Waals surface area contributed by atoms with Crippen LogP contribution in [0.4, 0.5) is 11.4 Å². The van der Waals surface area contributed by atoms with E-state index in [1.54, 1.807) is 24.3 Å². The number of hydrogen-bond acceptors (Lipinski definition) is 2. The highest BCUT2D eigenvalue weighted by Crippen LogP contribution is 2.25. The molecule has 0 fully saturated rings. The molecule has 3 nitrogen and oxygen atoms in total. The first kappa shape index (κ1) is 13.9. The molecule has 3 N–H and O–H groups in total. The van der Waals surface area contributed by atoms with E-state index in [0.717, 1.165) is 10.0 Å². The lowest BCUT2D eigenvalue weighted by molar-refractivity contribution is -0.115. The van der Waals surface area contributed by atoms with Crippen molar-refractivity contribution in [3.05, 3.63) is 57.5 Å². The van der Waals surface area contributed by atoms with E-state index >= 15 is 0 Å². The van der Waals surface area contributed by atoms with Crippen molar-refractivity contribution >= 4 is 44.8 Å². The molecule has 98 valence electrons. The van der Waals surface area contributed by atoms with Crippen LogP contribution in [0.1, 0.15) is 5.56 Å². The smallest absolute Gasteiger partial charge is 0.228 e. The fraction of sp³-hybridized carbons (Fsp3) is 0.0714. The molecule has 0 heterocycles. The molecule has 0 saturated carbocycles. The Morgan fingerprint density at radius 2 is 1.89 bits per heavy atom. The van der Waals surface area contributed by atoms with Crippen molar-refractivity contribution < 1.29 is 4.79 Å². The highest BCUT2D eigenvalue weighted by atomic mass is 79.9. The Morgan fingerprint density at radius 3 is 2.53 bits per heavy atom. The molecule has 0 aliphatic heterocycles.